The van der Waals surface area contributed by atoms with Crippen molar-refractivity contribution >= 4 is 29.9 Å². The molecular formula is C24H42IN5O2. The molecule has 2 saturated heterocycles. The van der Waals surface area contributed by atoms with Crippen molar-refractivity contribution in [1.29, 1.82) is 0 Å². The molecule has 0 saturated carbocycles. The molecule has 182 valence electrons. The number of likely N-dealkylation sites (tertiary alicyclic amines) is 1. The van der Waals surface area contributed by atoms with Gasteiger partial charge in [-0.2, -0.15) is 0 Å². The van der Waals surface area contributed by atoms with Crippen LogP contribution in [0.15, 0.2) is 29.3 Å². The molecule has 0 bridgehead atoms. The third kappa shape index (κ3) is 7.74. The Labute approximate surface area is 211 Å². The molecule has 0 aliphatic carbocycles. The average Bonchev–Trinajstić information content (AvgIpc) is 3.33. The fourth-order valence-corrected chi connectivity index (χ4v) is 4.65. The second kappa shape index (κ2) is 14.2. The smallest absolute Gasteiger partial charge is 0.191 e. The highest BCUT2D eigenvalue weighted by molar-refractivity contribution is 14.0. The lowest BCUT2D eigenvalue weighted by Crippen LogP contribution is -2.53. The van der Waals surface area contributed by atoms with Crippen LogP contribution in [0.1, 0.15) is 38.3 Å². The zero-order valence-corrected chi connectivity index (χ0v) is 22.5. The third-order valence-electron chi connectivity index (χ3n) is 6.53. The van der Waals surface area contributed by atoms with Gasteiger partial charge in [0.25, 0.3) is 0 Å². The number of nitrogens with zero attached hydrogens (tertiary/aromatic N) is 3. The summed E-state index contributed by atoms with van der Waals surface area (Å²) < 4.78 is 10.9. The molecule has 7 nitrogen and oxygen atoms in total. The lowest BCUT2D eigenvalue weighted by atomic mass is 10.0. The number of halogens is 1. The Balaban J connectivity index is 0.00000363. The number of benzene rings is 1. The van der Waals surface area contributed by atoms with E-state index in [4.69, 9.17) is 9.47 Å². The van der Waals surface area contributed by atoms with Crippen molar-refractivity contribution in [2.45, 2.75) is 38.8 Å². The fourth-order valence-electron chi connectivity index (χ4n) is 4.65. The standard InChI is InChI=1S/C24H41N5O2.HI/c1-19(2)22(29-13-15-31-16-14-29)17-26-24(25-3)27-18-23(28-11-5-6-12-28)20-7-9-21(30-4)10-8-20;/h7-10,19,22-23H,5-6,11-18H2,1-4H3,(H2,25,26,27);1H. The van der Waals surface area contributed by atoms with Crippen LogP contribution in [0.4, 0.5) is 0 Å². The number of aliphatic imine (C=N–C) groups is 1. The predicted octanol–water partition coefficient (Wildman–Crippen LogP) is 2.97. The maximum Gasteiger partial charge on any atom is 0.191 e. The van der Waals surface area contributed by atoms with Crippen LogP contribution in [0.5, 0.6) is 5.75 Å². The Kier molecular flexibility index (Phi) is 12.1. The van der Waals surface area contributed by atoms with Crippen molar-refractivity contribution in [3.63, 3.8) is 0 Å². The highest BCUT2D eigenvalue weighted by Gasteiger charge is 2.25. The Bertz CT molecular complexity index is 673. The minimum absolute atomic E-state index is 0. The first kappa shape index (κ1) is 27.1. The van der Waals surface area contributed by atoms with Gasteiger partial charge in [-0.3, -0.25) is 14.8 Å². The molecule has 1 aromatic rings. The van der Waals surface area contributed by atoms with Gasteiger partial charge in [-0.25, -0.2) is 0 Å². The van der Waals surface area contributed by atoms with E-state index >= 15 is 0 Å². The summed E-state index contributed by atoms with van der Waals surface area (Å²) in [5.41, 5.74) is 1.32. The van der Waals surface area contributed by atoms with Gasteiger partial charge < -0.3 is 20.1 Å². The van der Waals surface area contributed by atoms with E-state index in [1.165, 1.54) is 18.4 Å². The molecule has 2 aliphatic heterocycles. The monoisotopic (exact) mass is 559 g/mol. The molecule has 1 aromatic carbocycles. The largest absolute Gasteiger partial charge is 0.497 e. The zero-order chi connectivity index (χ0) is 22.1. The lowest BCUT2D eigenvalue weighted by Gasteiger charge is -2.37. The predicted molar refractivity (Wildman–Crippen MR) is 142 cm³/mol. The number of hydrogen-bond acceptors (Lipinski definition) is 5. The Morgan fingerprint density at radius 2 is 1.62 bits per heavy atom. The van der Waals surface area contributed by atoms with Gasteiger partial charge in [-0.15, -0.1) is 24.0 Å². The molecule has 2 unspecified atom stereocenters. The van der Waals surface area contributed by atoms with Gasteiger partial charge >= 0.3 is 0 Å². The lowest BCUT2D eigenvalue weighted by molar-refractivity contribution is 0.00752. The fraction of sp³-hybridized carbons (Fsp3) is 0.708. The van der Waals surface area contributed by atoms with E-state index in [2.05, 4.69) is 63.5 Å². The summed E-state index contributed by atoms with van der Waals surface area (Å²) in [4.78, 5) is 9.61. The Hall–Kier alpha value is -1.10. The molecule has 32 heavy (non-hydrogen) atoms. The van der Waals surface area contributed by atoms with E-state index in [0.717, 1.165) is 64.2 Å². The summed E-state index contributed by atoms with van der Waals surface area (Å²) in [7, 11) is 3.57. The van der Waals surface area contributed by atoms with E-state index in [0.29, 0.717) is 18.0 Å². The zero-order valence-electron chi connectivity index (χ0n) is 20.2. The minimum Gasteiger partial charge on any atom is -0.497 e. The minimum atomic E-state index is 0. The van der Waals surface area contributed by atoms with Crippen LogP contribution < -0.4 is 15.4 Å². The van der Waals surface area contributed by atoms with Gasteiger partial charge in [-0.05, 0) is 49.5 Å². The Morgan fingerprint density at radius 3 is 2.19 bits per heavy atom. The van der Waals surface area contributed by atoms with Crippen LogP contribution >= 0.6 is 24.0 Å². The molecule has 8 heteroatoms. The summed E-state index contributed by atoms with van der Waals surface area (Å²) in [5, 5.41) is 7.18. The van der Waals surface area contributed by atoms with Crippen LogP contribution in [0.3, 0.4) is 0 Å². The number of hydrogen-bond donors (Lipinski definition) is 2. The van der Waals surface area contributed by atoms with Crippen molar-refractivity contribution in [1.82, 2.24) is 20.4 Å². The molecule has 0 radical (unpaired) electrons. The van der Waals surface area contributed by atoms with Gasteiger partial charge in [0.05, 0.1) is 26.4 Å². The number of methoxy groups -OCH3 is 1. The van der Waals surface area contributed by atoms with Gasteiger partial charge in [0, 0.05) is 39.3 Å². The van der Waals surface area contributed by atoms with E-state index in [-0.39, 0.29) is 24.0 Å². The molecular weight excluding hydrogens is 517 g/mol. The second-order valence-electron chi connectivity index (χ2n) is 8.83. The molecule has 0 spiro atoms. The first-order valence-electron chi connectivity index (χ1n) is 11.8. The number of nitrogens with one attached hydrogen (secondary N) is 2. The van der Waals surface area contributed by atoms with Crippen molar-refractivity contribution < 1.29 is 9.47 Å². The summed E-state index contributed by atoms with van der Waals surface area (Å²) in [5.74, 6) is 2.34. The van der Waals surface area contributed by atoms with Crippen LogP contribution in [0.25, 0.3) is 0 Å². The number of rotatable bonds is 9. The van der Waals surface area contributed by atoms with Crippen LogP contribution in [-0.2, 0) is 4.74 Å². The highest BCUT2D eigenvalue weighted by atomic mass is 127. The van der Waals surface area contributed by atoms with Crippen molar-refractivity contribution in [3.05, 3.63) is 29.8 Å². The molecule has 3 rings (SSSR count). The Morgan fingerprint density at radius 1 is 1.00 bits per heavy atom. The van der Waals surface area contributed by atoms with Crippen molar-refractivity contribution in [2.75, 3.05) is 66.6 Å². The topological polar surface area (TPSA) is 61.4 Å². The van der Waals surface area contributed by atoms with Crippen LogP contribution in [0, 0.1) is 5.92 Å². The maximum atomic E-state index is 5.54. The highest BCUT2D eigenvalue weighted by Crippen LogP contribution is 2.26. The molecule has 2 heterocycles. The second-order valence-corrected chi connectivity index (χ2v) is 8.83. The summed E-state index contributed by atoms with van der Waals surface area (Å²) in [6.45, 7) is 12.3. The van der Waals surface area contributed by atoms with E-state index in [9.17, 15) is 0 Å². The van der Waals surface area contributed by atoms with Crippen LogP contribution in [0.2, 0.25) is 0 Å². The van der Waals surface area contributed by atoms with E-state index in [1.807, 2.05) is 7.05 Å². The van der Waals surface area contributed by atoms with Gasteiger partial charge in [0.2, 0.25) is 0 Å². The normalized spacial score (nSPS) is 20.0. The van der Waals surface area contributed by atoms with Crippen LogP contribution in [-0.4, -0.2) is 88.4 Å². The van der Waals surface area contributed by atoms with E-state index in [1.54, 1.807) is 7.11 Å². The first-order chi connectivity index (χ1) is 15.1. The first-order valence-corrected chi connectivity index (χ1v) is 11.8. The quantitative estimate of drug-likeness (QED) is 0.276. The van der Waals surface area contributed by atoms with E-state index < -0.39 is 0 Å². The molecule has 2 aliphatic rings. The van der Waals surface area contributed by atoms with Gasteiger partial charge in [0.1, 0.15) is 5.75 Å². The maximum absolute atomic E-state index is 5.54. The van der Waals surface area contributed by atoms with Crippen molar-refractivity contribution in [3.8, 4) is 5.75 Å². The number of guanidine groups is 1. The SMILES string of the molecule is CN=C(NCC(c1ccc(OC)cc1)N1CCCC1)NCC(C(C)C)N1CCOCC1.I. The molecule has 0 aromatic heterocycles. The number of ether oxygens (including phenoxy) is 2. The van der Waals surface area contributed by atoms with Crippen molar-refractivity contribution in [2.24, 2.45) is 10.9 Å². The molecule has 2 fully saturated rings. The molecule has 2 N–H and O–H groups in total. The average molecular weight is 560 g/mol. The molecule has 0 amide bonds. The third-order valence-corrected chi connectivity index (χ3v) is 6.53. The van der Waals surface area contributed by atoms with Gasteiger partial charge in [0.15, 0.2) is 5.96 Å². The summed E-state index contributed by atoms with van der Waals surface area (Å²) >= 11 is 0. The summed E-state index contributed by atoms with van der Waals surface area (Å²) in [6.07, 6.45) is 2.55. The molecule has 2 atom stereocenters. The number of morpholine rings is 1. The summed E-state index contributed by atoms with van der Waals surface area (Å²) in [6, 6.07) is 9.28. The van der Waals surface area contributed by atoms with Gasteiger partial charge in [-0.1, -0.05) is 26.0 Å².